The zero-order valence-corrected chi connectivity index (χ0v) is 31.7. The van der Waals surface area contributed by atoms with Crippen LogP contribution in [0.25, 0.3) is 0 Å². The molecule has 42 heavy (non-hydrogen) atoms. The fourth-order valence-corrected chi connectivity index (χ4v) is 7.34. The maximum Gasteiger partial charge on any atom is 3.00 e. The minimum Gasteiger partial charge on any atom is -0.346 e. The van der Waals surface area contributed by atoms with E-state index >= 15 is 0 Å². The predicted octanol–water partition coefficient (Wildman–Crippen LogP) is 8.85. The van der Waals surface area contributed by atoms with Crippen molar-refractivity contribution in [1.29, 1.82) is 5.41 Å². The van der Waals surface area contributed by atoms with Gasteiger partial charge < -0.3 is 14.5 Å². The van der Waals surface area contributed by atoms with Crippen LogP contribution in [0.3, 0.4) is 0 Å². The number of nitrogens with zero attached hydrogens (tertiary/aromatic N) is 2. The predicted molar refractivity (Wildman–Crippen MR) is 179 cm³/mol. The van der Waals surface area contributed by atoms with Crippen molar-refractivity contribution in [3.05, 3.63) is 100 Å². The van der Waals surface area contributed by atoms with Gasteiger partial charge in [0.25, 0.3) is 0 Å². The van der Waals surface area contributed by atoms with Crippen LogP contribution in [-0.4, -0.2) is 52.2 Å². The van der Waals surface area contributed by atoms with Gasteiger partial charge in [-0.25, -0.2) is 0 Å². The molecule has 9 heteroatoms. The summed E-state index contributed by atoms with van der Waals surface area (Å²) in [6.07, 6.45) is 20.0. The maximum absolute atomic E-state index is 10.4. The Bertz CT molecular complexity index is 721. The average molecular weight is 694 g/mol. The van der Waals surface area contributed by atoms with Crippen molar-refractivity contribution in [1.82, 2.24) is 9.34 Å². The van der Waals surface area contributed by atoms with Crippen molar-refractivity contribution in [2.24, 2.45) is 0 Å². The summed E-state index contributed by atoms with van der Waals surface area (Å²) in [6, 6.07) is 12.7. The van der Waals surface area contributed by atoms with E-state index in [1.807, 2.05) is 88.5 Å². The Hall–Kier alpha value is 0.273. The molecule has 6 nitrogen and oxygen atoms in total. The van der Waals surface area contributed by atoms with Gasteiger partial charge >= 0.3 is 34.5 Å². The average Bonchev–Trinajstić information content (AvgIpc) is 3.68. The zero-order valence-electron chi connectivity index (χ0n) is 27.4. The van der Waals surface area contributed by atoms with Gasteiger partial charge in [-0.15, -0.1) is 35.9 Å². The summed E-state index contributed by atoms with van der Waals surface area (Å²) < 4.78 is 24.6. The van der Waals surface area contributed by atoms with Crippen molar-refractivity contribution < 1.29 is 39.8 Å². The molecular weight excluding hydrogens is 640 g/mol. The Morgan fingerprint density at radius 1 is 0.738 bits per heavy atom. The minimum atomic E-state index is -2.14. The minimum absolute atomic E-state index is 0. The molecule has 0 bridgehead atoms. The van der Waals surface area contributed by atoms with Crippen LogP contribution >= 0.6 is 16.5 Å². The molecule has 2 saturated carbocycles. The SMILES string of the molecule is CC(C)N(C(C)C)P(C(=N)c1[c-]cccc1)N(C(C)C)C(C)C.CCO[PH](=O)OCC.[CH]1[CH][CH][CH][CH]1.[CH]1[CH][CH][CH][CH]1.[Zr+3]. The fraction of sp³-hybridized carbons (Fsp3) is 0.485. The number of hydrogen-bond acceptors (Lipinski definition) is 6. The number of benzene rings is 1. The van der Waals surface area contributed by atoms with Crippen LogP contribution in [0.5, 0.6) is 0 Å². The first-order valence-electron chi connectivity index (χ1n) is 14.5. The Balaban J connectivity index is 0. The van der Waals surface area contributed by atoms with E-state index in [2.05, 4.69) is 79.8 Å². The van der Waals surface area contributed by atoms with Gasteiger partial charge in [0.2, 0.25) is 0 Å². The van der Waals surface area contributed by atoms with E-state index in [1.54, 1.807) is 13.8 Å². The second-order valence-electron chi connectivity index (χ2n) is 10.1. The van der Waals surface area contributed by atoms with E-state index in [0.717, 1.165) is 5.56 Å². The molecule has 0 spiro atoms. The summed E-state index contributed by atoms with van der Waals surface area (Å²) in [5.41, 5.74) is 1.61. The Morgan fingerprint density at radius 2 is 1.07 bits per heavy atom. The summed E-state index contributed by atoms with van der Waals surface area (Å²) in [4.78, 5) is 0. The smallest absolute Gasteiger partial charge is 0.346 e. The number of hydrogen-bond donors (Lipinski definition) is 1. The summed E-state index contributed by atoms with van der Waals surface area (Å²) in [7, 11) is -3.01. The van der Waals surface area contributed by atoms with Crippen molar-refractivity contribution in [2.75, 3.05) is 13.2 Å². The van der Waals surface area contributed by atoms with Gasteiger partial charge in [0.15, 0.2) is 0 Å². The van der Waals surface area contributed by atoms with E-state index in [-0.39, 0.29) is 26.2 Å². The van der Waals surface area contributed by atoms with Crippen LogP contribution in [0.15, 0.2) is 24.3 Å². The molecule has 2 fully saturated rings. The standard InChI is InChI=1S/C19H33N3P.2C5H5.C4H11O3P.Zr/c1-14(2)21(15(3)4)23(22(16(5)6)17(7)8)19(20)18-12-10-9-11-13-18;2*1-2-4-5-3-1;1-3-6-8(5)7-4-2;/h9-12,14-17,20H,1-8H3;2*1-5H;8H,3-4H2,1-2H3;/q-1;;;;+3. The second-order valence-corrected chi connectivity index (χ2v) is 13.1. The van der Waals surface area contributed by atoms with Crippen LogP contribution in [-0.2, 0) is 39.8 Å². The van der Waals surface area contributed by atoms with Crippen LogP contribution in [0, 0.1) is 75.7 Å². The quantitative estimate of drug-likeness (QED) is 0.135. The second kappa shape index (κ2) is 27.6. The number of nitrogens with one attached hydrogen (secondary N) is 1. The molecule has 2 aliphatic carbocycles. The molecular formula is C33H54N3O3P2Zr+2. The molecule has 11 radical (unpaired) electrons. The molecule has 0 aromatic heterocycles. The van der Waals surface area contributed by atoms with Crippen LogP contribution in [0.2, 0.25) is 0 Å². The van der Waals surface area contributed by atoms with E-state index in [0.29, 0.717) is 42.8 Å². The summed E-state index contributed by atoms with van der Waals surface area (Å²) in [5, 5.41) is 8.94. The summed E-state index contributed by atoms with van der Waals surface area (Å²) in [5.74, 6) is 0. The first-order chi connectivity index (χ1) is 19.5. The molecule has 2 aliphatic rings. The van der Waals surface area contributed by atoms with Gasteiger partial charge in [0.05, 0.1) is 13.2 Å². The monoisotopic (exact) mass is 692 g/mol. The van der Waals surface area contributed by atoms with E-state index in [4.69, 9.17) is 5.41 Å². The Kier molecular flexibility index (Phi) is 29.1. The van der Waals surface area contributed by atoms with Crippen LogP contribution in [0.4, 0.5) is 0 Å². The fourth-order valence-electron chi connectivity index (χ4n) is 3.99. The first kappa shape index (κ1) is 44.4. The van der Waals surface area contributed by atoms with Gasteiger partial charge in [-0.2, -0.15) is 0 Å². The molecule has 3 rings (SSSR count). The topological polar surface area (TPSA) is 65.9 Å². The van der Waals surface area contributed by atoms with E-state index < -0.39 is 16.5 Å². The molecule has 1 aromatic carbocycles. The molecule has 0 heterocycles. The first-order valence-corrected chi connectivity index (χ1v) is 17.0. The Morgan fingerprint density at radius 3 is 1.31 bits per heavy atom. The third-order valence-corrected chi connectivity index (χ3v) is 9.77. The normalized spacial score (nSPS) is 14.6. The molecule has 0 unspecified atom stereocenters. The van der Waals surface area contributed by atoms with E-state index in [9.17, 15) is 4.57 Å². The van der Waals surface area contributed by atoms with Gasteiger partial charge in [-0.05, 0) is 133 Å². The largest absolute Gasteiger partial charge is 3.00 e. The molecule has 0 saturated heterocycles. The van der Waals surface area contributed by atoms with Crippen molar-refractivity contribution in [3.63, 3.8) is 0 Å². The van der Waals surface area contributed by atoms with Crippen molar-refractivity contribution in [3.8, 4) is 0 Å². The van der Waals surface area contributed by atoms with E-state index in [1.165, 1.54) is 0 Å². The van der Waals surface area contributed by atoms with Gasteiger partial charge in [-0.1, -0.05) is 0 Å². The molecule has 1 aromatic rings. The summed E-state index contributed by atoms with van der Waals surface area (Å²) >= 11 is 0. The molecule has 0 aliphatic heterocycles. The summed E-state index contributed by atoms with van der Waals surface area (Å²) in [6.45, 7) is 22.3. The van der Waals surface area contributed by atoms with Gasteiger partial charge in [-0.3, -0.25) is 13.9 Å². The molecule has 0 amide bonds. The third kappa shape index (κ3) is 19.6. The van der Waals surface area contributed by atoms with Crippen molar-refractivity contribution >= 4 is 21.9 Å². The van der Waals surface area contributed by atoms with Gasteiger partial charge in [0, 0.05) is 37.8 Å². The zero-order chi connectivity index (χ0) is 31.2. The van der Waals surface area contributed by atoms with Gasteiger partial charge in [0.1, 0.15) is 0 Å². The van der Waals surface area contributed by atoms with Crippen molar-refractivity contribution in [2.45, 2.75) is 93.4 Å². The number of rotatable bonds is 12. The molecule has 1 N–H and O–H groups in total. The molecule has 0 atom stereocenters. The Labute approximate surface area is 281 Å². The molecule has 231 valence electrons. The van der Waals surface area contributed by atoms with Crippen LogP contribution < -0.4 is 0 Å². The van der Waals surface area contributed by atoms with Crippen LogP contribution in [0.1, 0.15) is 74.8 Å². The third-order valence-electron chi connectivity index (χ3n) is 5.35. The maximum atomic E-state index is 10.4.